The van der Waals surface area contributed by atoms with E-state index in [9.17, 15) is 43.5 Å². The van der Waals surface area contributed by atoms with Gasteiger partial charge in [-0.2, -0.15) is 0 Å². The number of aliphatic hydroxyl groups is 2. The molecule has 0 heterocycles. The van der Waals surface area contributed by atoms with E-state index in [1.807, 2.05) is 0 Å². The van der Waals surface area contributed by atoms with Gasteiger partial charge in [0.15, 0.2) is 6.10 Å². The molecule has 0 saturated heterocycles. The number of aliphatic hydroxyl groups excluding tert-OH is 2. The monoisotopic (exact) mass is 1790 g/mol. The largest absolute Gasteiger partial charge is 0.472 e. The minimum atomic E-state index is -4.95. The molecular weight excluding hydrogens is 1600 g/mol. The Hall–Kier alpha value is -5.09. The summed E-state index contributed by atoms with van der Waals surface area (Å²) in [6.07, 6.45) is 128. The van der Waals surface area contributed by atoms with Crippen LogP contribution in [0.3, 0.4) is 0 Å². The van der Waals surface area contributed by atoms with E-state index in [1.54, 1.807) is 0 Å². The first-order valence-corrected chi connectivity index (χ1v) is 53.4. The molecule has 5 unspecified atom stereocenters. The Morgan fingerprint density at radius 3 is 0.672 bits per heavy atom. The van der Waals surface area contributed by atoms with Crippen molar-refractivity contribution in [2.24, 2.45) is 0 Å². The molecule has 0 rings (SSSR count). The highest BCUT2D eigenvalue weighted by atomic mass is 31.2. The van der Waals surface area contributed by atoms with Crippen molar-refractivity contribution in [2.45, 2.75) is 450 Å². The van der Waals surface area contributed by atoms with Crippen molar-refractivity contribution in [2.75, 3.05) is 39.6 Å². The summed E-state index contributed by atoms with van der Waals surface area (Å²) in [4.78, 5) is 59.2. The number of hydrogen-bond acceptors (Lipinski definition) is 14. The van der Waals surface area contributed by atoms with Gasteiger partial charge in [0.05, 0.1) is 26.4 Å². The second kappa shape index (κ2) is 98.0. The summed E-state index contributed by atoms with van der Waals surface area (Å²) in [5, 5.41) is 20.8. The summed E-state index contributed by atoms with van der Waals surface area (Å²) >= 11 is 0. The van der Waals surface area contributed by atoms with Crippen LogP contribution in [-0.2, 0) is 55.8 Å². The second-order valence-corrected chi connectivity index (χ2v) is 36.5. The molecule has 0 spiro atoms. The van der Waals surface area contributed by atoms with Gasteiger partial charge in [-0.3, -0.25) is 32.5 Å². The van der Waals surface area contributed by atoms with Crippen LogP contribution in [0.15, 0.2) is 170 Å². The summed E-state index contributed by atoms with van der Waals surface area (Å²) in [5.41, 5.74) is 0. The van der Waals surface area contributed by atoms with E-state index < -0.39 is 91.5 Å². The molecule has 0 amide bonds. The fourth-order valence-corrected chi connectivity index (χ4v) is 15.4. The molecule has 0 aliphatic heterocycles. The van der Waals surface area contributed by atoms with Crippen LogP contribution in [0.5, 0.6) is 0 Å². The normalized spacial score (nSPS) is 14.4. The number of phosphoric ester groups is 2. The molecule has 0 aromatic carbocycles. The quantitative estimate of drug-likeness (QED) is 0.0146. The van der Waals surface area contributed by atoms with Crippen molar-refractivity contribution in [3.8, 4) is 0 Å². The zero-order valence-corrected chi connectivity index (χ0v) is 81.3. The van der Waals surface area contributed by atoms with E-state index in [0.717, 1.165) is 154 Å². The molecule has 0 aliphatic rings. The molecular formula is C107H184O16P2. The van der Waals surface area contributed by atoms with E-state index in [-0.39, 0.29) is 19.3 Å². The maximum Gasteiger partial charge on any atom is 0.472 e. The summed E-state index contributed by atoms with van der Waals surface area (Å²) < 4.78 is 61.6. The van der Waals surface area contributed by atoms with Gasteiger partial charge in [-0.05, 0) is 161 Å². The molecule has 0 aromatic rings. The molecule has 0 aromatic heterocycles. The first kappa shape index (κ1) is 120. The zero-order chi connectivity index (χ0) is 90.7. The van der Waals surface area contributed by atoms with Crippen LogP contribution >= 0.6 is 15.6 Å². The highest BCUT2D eigenvalue weighted by Crippen LogP contribution is 2.45. The number of carbonyl (C=O) groups is 3. The van der Waals surface area contributed by atoms with Gasteiger partial charge in [0.2, 0.25) is 0 Å². The maximum absolute atomic E-state index is 13.1. The van der Waals surface area contributed by atoms with Crippen LogP contribution in [0.25, 0.3) is 0 Å². The van der Waals surface area contributed by atoms with Crippen LogP contribution in [0.2, 0.25) is 0 Å². The fraction of sp³-hybridized carbons (Fsp3) is 0.710. The molecule has 0 radical (unpaired) electrons. The van der Waals surface area contributed by atoms with Crippen LogP contribution in [0.4, 0.5) is 0 Å². The van der Waals surface area contributed by atoms with Crippen molar-refractivity contribution in [1.82, 2.24) is 0 Å². The fourth-order valence-electron chi connectivity index (χ4n) is 13.8. The third-order valence-electron chi connectivity index (χ3n) is 21.4. The van der Waals surface area contributed by atoms with Gasteiger partial charge >= 0.3 is 33.6 Å². The van der Waals surface area contributed by atoms with Crippen LogP contribution in [0.1, 0.15) is 432 Å². The van der Waals surface area contributed by atoms with E-state index in [2.05, 4.69) is 191 Å². The van der Waals surface area contributed by atoms with E-state index in [4.69, 9.17) is 32.3 Å². The summed E-state index contributed by atoms with van der Waals surface area (Å²) in [5.74, 6) is -1.58. The number of phosphoric acid groups is 2. The van der Waals surface area contributed by atoms with Crippen LogP contribution < -0.4 is 0 Å². The number of esters is 3. The van der Waals surface area contributed by atoms with Crippen molar-refractivity contribution in [1.29, 1.82) is 0 Å². The number of unbranched alkanes of at least 4 members (excludes halogenated alkanes) is 44. The molecule has 16 nitrogen and oxygen atoms in total. The Morgan fingerprint density at radius 2 is 0.424 bits per heavy atom. The minimum Gasteiger partial charge on any atom is -0.463 e. The number of ether oxygens (including phenoxy) is 3. The van der Waals surface area contributed by atoms with Crippen molar-refractivity contribution in [3.63, 3.8) is 0 Å². The van der Waals surface area contributed by atoms with Crippen LogP contribution in [0, 0.1) is 0 Å². The average Bonchev–Trinajstić information content (AvgIpc) is 0.900. The van der Waals surface area contributed by atoms with Gasteiger partial charge < -0.3 is 34.2 Å². The molecule has 4 N–H and O–H groups in total. The Labute approximate surface area is 764 Å². The third kappa shape index (κ3) is 99.3. The average molecular weight is 1790 g/mol. The summed E-state index contributed by atoms with van der Waals surface area (Å²) in [6, 6.07) is 0. The number of rotatable bonds is 95. The second-order valence-electron chi connectivity index (χ2n) is 33.5. The first-order chi connectivity index (χ1) is 61.2. The lowest BCUT2D eigenvalue weighted by Crippen LogP contribution is -2.30. The summed E-state index contributed by atoms with van der Waals surface area (Å²) in [7, 11) is -9.82. The van der Waals surface area contributed by atoms with Gasteiger partial charge in [0.1, 0.15) is 25.4 Å². The predicted molar refractivity (Wildman–Crippen MR) is 528 cm³/mol. The summed E-state index contributed by atoms with van der Waals surface area (Å²) in [6.45, 7) is 2.56. The highest BCUT2D eigenvalue weighted by Gasteiger charge is 2.30. The molecule has 0 fully saturated rings. The lowest BCUT2D eigenvalue weighted by molar-refractivity contribution is -0.161. The standard InChI is InChI=1S/C107H184O16P2/c1-4-7-10-13-16-19-22-25-28-31-34-37-40-43-45-47-49-50-52-54-55-58-60-63-66-69-72-75-78-81-84-87-90-93-105(110)117-96-102(108)97-119-124(113,114)120-98-103(109)99-121-125(115,116)122-101-104(123-107(112)95-92-89-86-83-80-77-74-71-68-65-62-57-42-39-36-33-30-27-24-21-18-15-12-9-6-3)100-118-106(111)94-91-88-85-82-79-76-73-70-67-64-61-59-56-53-51-48-46-44-41-38-35-32-29-26-23-20-17-14-11-8-5-2/h9,12,16-21,25-30,34-39,43-46,57,62,68,71,102-104,108-109H,4-8,10-11,13-15,22-24,31-33,40-42,47-56,58-61,63-67,69-70,72-101H2,1-3H3,(H,113,114)(H,115,116)/b12-9-,19-16-,20-17-,21-18-,28-25-,29-26-,30-27-,37-34-,38-35-,39-36-,45-43-,46-44-,62-57-,71-68-. The Kier molecular flexibility index (Phi) is 94.0. The number of allylic oxidation sites excluding steroid dienone is 28. The first-order valence-electron chi connectivity index (χ1n) is 50.4. The number of hydrogen-bond donors (Lipinski definition) is 4. The Bertz CT molecular complexity index is 2950. The lowest BCUT2D eigenvalue weighted by atomic mass is 10.0. The smallest absolute Gasteiger partial charge is 0.463 e. The van der Waals surface area contributed by atoms with E-state index >= 15 is 0 Å². The van der Waals surface area contributed by atoms with Gasteiger partial charge in [-0.25, -0.2) is 9.13 Å². The van der Waals surface area contributed by atoms with Crippen molar-refractivity contribution >= 4 is 33.6 Å². The predicted octanol–water partition coefficient (Wildman–Crippen LogP) is 31.8. The third-order valence-corrected chi connectivity index (χ3v) is 23.3. The molecule has 5 atom stereocenters. The van der Waals surface area contributed by atoms with E-state index in [0.29, 0.717) is 19.3 Å². The van der Waals surface area contributed by atoms with Gasteiger partial charge in [0, 0.05) is 19.3 Å². The van der Waals surface area contributed by atoms with Crippen molar-refractivity contribution < 1.29 is 75.8 Å². The molecule has 0 bridgehead atoms. The van der Waals surface area contributed by atoms with Gasteiger partial charge in [0.25, 0.3) is 0 Å². The Morgan fingerprint density at radius 1 is 0.232 bits per heavy atom. The van der Waals surface area contributed by atoms with Gasteiger partial charge in [-0.15, -0.1) is 0 Å². The molecule has 125 heavy (non-hydrogen) atoms. The van der Waals surface area contributed by atoms with Crippen LogP contribution in [-0.4, -0.2) is 95.9 Å². The molecule has 0 aliphatic carbocycles. The van der Waals surface area contributed by atoms with E-state index in [1.165, 1.54) is 218 Å². The number of carbonyl (C=O) groups excluding carboxylic acids is 3. The SMILES string of the molecule is CC/C=C\C/C=C\C/C=C\C/C=C\C/C=C\C/C=C\CCCCCCCCC(=O)OC(COC(=O)CCCCCCCCCCCCCCCCC/C=C\C/C=C\C/C=C\C/C=C\CCCCC)COP(=O)(O)OCC(O)COP(=O)(O)OCC(O)COC(=O)CCCCCCCCCCCCCCCCCCC/C=C\C/C=C\C/C=C\C/C=C\CCCCC. The van der Waals surface area contributed by atoms with Gasteiger partial charge in [-0.1, -0.05) is 422 Å². The molecule has 718 valence electrons. The lowest BCUT2D eigenvalue weighted by Gasteiger charge is -2.21. The minimum absolute atomic E-state index is 0.0834. The molecule has 0 saturated carbocycles. The highest BCUT2D eigenvalue weighted by molar-refractivity contribution is 7.47. The maximum atomic E-state index is 13.1. The van der Waals surface area contributed by atoms with Crippen molar-refractivity contribution in [3.05, 3.63) is 170 Å². The Balaban J connectivity index is 4.61. The zero-order valence-electron chi connectivity index (χ0n) is 79.5. The topological polar surface area (TPSA) is 231 Å². The molecule has 18 heteroatoms.